The number of rotatable bonds is 14. The number of aliphatic hydroxyl groups excluding tert-OH is 1. The summed E-state index contributed by atoms with van der Waals surface area (Å²) in [5.74, 6) is -3.77. The molecule has 0 aliphatic rings. The largest absolute Gasteiger partial charge is 0.480 e. The van der Waals surface area contributed by atoms with E-state index in [0.717, 1.165) is 16.5 Å². The number of hydrogen-bond donors (Lipinski definition) is 8. The monoisotopic (exact) mass is 541 g/mol. The number of amides is 3. The molecule has 39 heavy (non-hydrogen) atoms. The number of nitrogens with zero attached hydrogens (tertiary/aromatic N) is 1. The summed E-state index contributed by atoms with van der Waals surface area (Å²) in [7, 11) is 0. The van der Waals surface area contributed by atoms with Crippen LogP contribution in [0.4, 0.5) is 0 Å². The molecule has 1 aromatic carbocycles. The van der Waals surface area contributed by atoms with Gasteiger partial charge in [0.1, 0.15) is 18.1 Å². The Kier molecular flexibility index (Phi) is 10.2. The number of H-pyrrole nitrogens is 2. The van der Waals surface area contributed by atoms with Gasteiger partial charge in [-0.1, -0.05) is 38.5 Å². The predicted molar refractivity (Wildman–Crippen MR) is 142 cm³/mol. The Hall–Kier alpha value is -4.23. The minimum Gasteiger partial charge on any atom is -0.480 e. The van der Waals surface area contributed by atoms with Gasteiger partial charge in [0.05, 0.1) is 19.0 Å². The number of carboxylic acid groups (broad SMARTS) is 1. The van der Waals surface area contributed by atoms with Crippen molar-refractivity contribution in [1.82, 2.24) is 30.9 Å². The van der Waals surface area contributed by atoms with E-state index in [9.17, 15) is 29.4 Å². The second-order valence-electron chi connectivity index (χ2n) is 9.47. The summed E-state index contributed by atoms with van der Waals surface area (Å²) in [6.45, 7) is 2.72. The van der Waals surface area contributed by atoms with E-state index in [4.69, 9.17) is 5.73 Å². The molecule has 5 atom stereocenters. The molecule has 0 spiro atoms. The fraction of sp³-hybridized carbons (Fsp3) is 0.423. The molecule has 0 aliphatic heterocycles. The lowest BCUT2D eigenvalue weighted by Gasteiger charge is -2.27. The first kappa shape index (κ1) is 29.3. The zero-order chi connectivity index (χ0) is 28.5. The van der Waals surface area contributed by atoms with Crippen molar-refractivity contribution in [3.8, 4) is 0 Å². The molecule has 3 aromatic rings. The van der Waals surface area contributed by atoms with Crippen LogP contribution in [-0.4, -0.2) is 79.6 Å². The molecule has 0 saturated carbocycles. The van der Waals surface area contributed by atoms with Crippen molar-refractivity contribution in [2.75, 3.05) is 6.61 Å². The number of fused-ring (bicyclic) bond motifs is 1. The van der Waals surface area contributed by atoms with Gasteiger partial charge in [-0.2, -0.15) is 0 Å². The quantitative estimate of drug-likeness (QED) is 0.134. The SMILES string of the molecule is CCC(C)C(NC(=O)C(Cc1cnc[nH]1)NC(=O)C(N)Cc1c[nH]c2ccccc12)C(=O)NC(CO)C(=O)O. The Morgan fingerprint density at radius 1 is 1.00 bits per heavy atom. The molecule has 2 heterocycles. The van der Waals surface area contributed by atoms with Crippen LogP contribution >= 0.6 is 0 Å². The minimum absolute atomic E-state index is 0.0423. The smallest absolute Gasteiger partial charge is 0.328 e. The summed E-state index contributed by atoms with van der Waals surface area (Å²) < 4.78 is 0. The Morgan fingerprint density at radius 3 is 2.36 bits per heavy atom. The first-order chi connectivity index (χ1) is 18.6. The van der Waals surface area contributed by atoms with Crippen LogP contribution < -0.4 is 21.7 Å². The maximum absolute atomic E-state index is 13.4. The van der Waals surface area contributed by atoms with Gasteiger partial charge in [-0.25, -0.2) is 9.78 Å². The van der Waals surface area contributed by atoms with Crippen LogP contribution in [0.2, 0.25) is 0 Å². The second kappa shape index (κ2) is 13.5. The van der Waals surface area contributed by atoms with Crippen LogP contribution in [0.5, 0.6) is 0 Å². The van der Waals surface area contributed by atoms with Crippen LogP contribution in [0.15, 0.2) is 43.0 Å². The summed E-state index contributed by atoms with van der Waals surface area (Å²) in [5, 5.41) is 27.0. The van der Waals surface area contributed by atoms with E-state index in [2.05, 4.69) is 30.9 Å². The van der Waals surface area contributed by atoms with Crippen molar-refractivity contribution >= 4 is 34.6 Å². The molecule has 13 nitrogen and oxygen atoms in total. The molecule has 5 unspecified atom stereocenters. The van der Waals surface area contributed by atoms with Gasteiger partial charge in [-0.3, -0.25) is 14.4 Å². The van der Waals surface area contributed by atoms with Gasteiger partial charge in [-0.05, 0) is 24.0 Å². The number of aromatic nitrogens is 3. The molecule has 3 amide bonds. The highest BCUT2D eigenvalue weighted by Gasteiger charge is 2.33. The van der Waals surface area contributed by atoms with Crippen molar-refractivity contribution in [3.63, 3.8) is 0 Å². The lowest BCUT2D eigenvalue weighted by atomic mass is 9.97. The number of para-hydroxylation sites is 1. The van der Waals surface area contributed by atoms with Crippen LogP contribution in [-0.2, 0) is 32.0 Å². The van der Waals surface area contributed by atoms with Crippen molar-refractivity contribution in [2.45, 2.75) is 57.3 Å². The summed E-state index contributed by atoms with van der Waals surface area (Å²) >= 11 is 0. The molecule has 0 aliphatic carbocycles. The number of nitrogens with one attached hydrogen (secondary N) is 5. The fourth-order valence-electron chi connectivity index (χ4n) is 4.14. The number of benzene rings is 1. The second-order valence-corrected chi connectivity index (χ2v) is 9.47. The van der Waals surface area contributed by atoms with Crippen molar-refractivity contribution in [2.24, 2.45) is 11.7 Å². The molecule has 210 valence electrons. The van der Waals surface area contributed by atoms with E-state index in [1.807, 2.05) is 31.2 Å². The van der Waals surface area contributed by atoms with E-state index < -0.39 is 54.5 Å². The minimum atomic E-state index is -1.52. The molecular weight excluding hydrogens is 506 g/mol. The summed E-state index contributed by atoms with van der Waals surface area (Å²) in [6, 6.07) is 2.91. The van der Waals surface area contributed by atoms with E-state index in [0.29, 0.717) is 12.1 Å². The average molecular weight is 542 g/mol. The zero-order valence-electron chi connectivity index (χ0n) is 21.8. The Labute approximate surface area is 225 Å². The van der Waals surface area contributed by atoms with Gasteiger partial charge in [0.25, 0.3) is 0 Å². The number of nitrogens with two attached hydrogens (primary N) is 1. The van der Waals surface area contributed by atoms with Gasteiger partial charge in [0, 0.05) is 35.4 Å². The molecule has 2 aromatic heterocycles. The van der Waals surface area contributed by atoms with Gasteiger partial charge in [0.2, 0.25) is 17.7 Å². The first-order valence-electron chi connectivity index (χ1n) is 12.7. The number of imidazole rings is 1. The third kappa shape index (κ3) is 7.65. The number of aromatic amines is 2. The van der Waals surface area contributed by atoms with Crippen LogP contribution in [0.1, 0.15) is 31.5 Å². The number of carbonyl (C=O) groups is 4. The highest BCUT2D eigenvalue weighted by atomic mass is 16.4. The lowest BCUT2D eigenvalue weighted by molar-refractivity contribution is -0.143. The molecule has 3 rings (SSSR count). The normalized spacial score (nSPS) is 15.1. The molecular formula is C26H35N7O6. The summed E-state index contributed by atoms with van der Waals surface area (Å²) in [5.41, 5.74) is 8.55. The van der Waals surface area contributed by atoms with Gasteiger partial charge in [0.15, 0.2) is 0 Å². The fourth-order valence-corrected chi connectivity index (χ4v) is 4.14. The highest BCUT2D eigenvalue weighted by Crippen LogP contribution is 2.19. The first-order valence-corrected chi connectivity index (χ1v) is 12.7. The number of carboxylic acids is 1. The Bertz CT molecular complexity index is 1270. The molecule has 9 N–H and O–H groups in total. The van der Waals surface area contributed by atoms with E-state index in [-0.39, 0.29) is 18.8 Å². The maximum atomic E-state index is 13.4. The average Bonchev–Trinajstić information content (AvgIpc) is 3.59. The van der Waals surface area contributed by atoms with Crippen LogP contribution in [0.25, 0.3) is 10.9 Å². The Balaban J connectivity index is 1.75. The van der Waals surface area contributed by atoms with Crippen molar-refractivity contribution in [3.05, 3.63) is 54.2 Å². The molecule has 13 heteroatoms. The van der Waals surface area contributed by atoms with E-state index in [1.165, 1.54) is 12.5 Å². The maximum Gasteiger partial charge on any atom is 0.328 e. The lowest BCUT2D eigenvalue weighted by Crippen LogP contribution is -2.59. The number of hydrogen-bond acceptors (Lipinski definition) is 7. The van der Waals surface area contributed by atoms with Crippen molar-refractivity contribution < 1.29 is 29.4 Å². The molecule has 0 fully saturated rings. The standard InChI is InChI=1S/C26H35N7O6/c1-3-14(2)22(25(37)32-21(12-34)26(38)39)33-24(36)20(9-16-11-28-13-30-16)31-23(35)18(27)8-15-10-29-19-7-5-4-6-17(15)19/h4-7,10-11,13-14,18,20-22,29,34H,3,8-9,12,27H2,1-2H3,(H,28,30)(H,31,35)(H,32,37)(H,33,36)(H,38,39). The zero-order valence-corrected chi connectivity index (χ0v) is 21.8. The van der Waals surface area contributed by atoms with Gasteiger partial charge >= 0.3 is 5.97 Å². The van der Waals surface area contributed by atoms with Gasteiger partial charge in [-0.15, -0.1) is 0 Å². The highest BCUT2D eigenvalue weighted by molar-refractivity contribution is 5.94. The summed E-state index contributed by atoms with van der Waals surface area (Å²) in [6.07, 6.45) is 5.49. The van der Waals surface area contributed by atoms with Crippen LogP contribution in [0.3, 0.4) is 0 Å². The van der Waals surface area contributed by atoms with E-state index >= 15 is 0 Å². The molecule has 0 bridgehead atoms. The third-order valence-corrected chi connectivity index (χ3v) is 6.65. The molecule has 0 radical (unpaired) electrons. The number of aliphatic carboxylic acids is 1. The van der Waals surface area contributed by atoms with Crippen LogP contribution in [0, 0.1) is 5.92 Å². The third-order valence-electron chi connectivity index (χ3n) is 6.65. The summed E-state index contributed by atoms with van der Waals surface area (Å²) in [4.78, 5) is 60.6. The molecule has 0 saturated heterocycles. The van der Waals surface area contributed by atoms with Crippen molar-refractivity contribution in [1.29, 1.82) is 0 Å². The predicted octanol–water partition coefficient (Wildman–Crippen LogP) is -0.419. The number of aliphatic hydroxyl groups is 1. The number of carbonyl (C=O) groups excluding carboxylic acids is 3. The van der Waals surface area contributed by atoms with Gasteiger partial charge < -0.3 is 41.9 Å². The Morgan fingerprint density at radius 2 is 1.72 bits per heavy atom. The van der Waals surface area contributed by atoms with E-state index in [1.54, 1.807) is 13.1 Å². The topological polar surface area (TPSA) is 215 Å².